The fourth-order valence-corrected chi connectivity index (χ4v) is 5.82. The summed E-state index contributed by atoms with van der Waals surface area (Å²) in [5.74, 6) is -0.275. The molecule has 0 unspecified atom stereocenters. The third-order valence-electron chi connectivity index (χ3n) is 6.91. The third-order valence-corrected chi connectivity index (χ3v) is 6.91. The monoisotopic (exact) mass is 388 g/mol. The van der Waals surface area contributed by atoms with Gasteiger partial charge in [-0.15, -0.1) is 0 Å². The zero-order chi connectivity index (χ0) is 19.7. The van der Waals surface area contributed by atoms with Crippen LogP contribution < -0.4 is 0 Å². The number of piperidine rings is 3. The van der Waals surface area contributed by atoms with Gasteiger partial charge in [0.2, 0.25) is 0 Å². The van der Waals surface area contributed by atoms with E-state index < -0.39 is 5.97 Å². The van der Waals surface area contributed by atoms with E-state index in [9.17, 15) is 14.0 Å². The summed E-state index contributed by atoms with van der Waals surface area (Å²) in [6.07, 6.45) is 6.01. The summed E-state index contributed by atoms with van der Waals surface area (Å²) < 4.78 is 13.3. The van der Waals surface area contributed by atoms with Crippen LogP contribution in [0.4, 0.5) is 4.39 Å². The highest BCUT2D eigenvalue weighted by atomic mass is 19.1. The van der Waals surface area contributed by atoms with Crippen LogP contribution in [0, 0.1) is 17.7 Å². The maximum atomic E-state index is 13.3. The second kappa shape index (κ2) is 8.19. The van der Waals surface area contributed by atoms with Crippen molar-refractivity contribution in [3.05, 3.63) is 35.6 Å². The first-order valence-corrected chi connectivity index (χ1v) is 10.6. The zero-order valence-corrected chi connectivity index (χ0v) is 16.2. The van der Waals surface area contributed by atoms with E-state index in [-0.39, 0.29) is 24.2 Å². The van der Waals surface area contributed by atoms with Gasteiger partial charge in [0.1, 0.15) is 5.82 Å². The van der Waals surface area contributed by atoms with E-state index in [2.05, 4.69) is 4.90 Å². The van der Waals surface area contributed by atoms with E-state index in [0.717, 1.165) is 45.3 Å². The van der Waals surface area contributed by atoms with Crippen LogP contribution >= 0.6 is 0 Å². The molecule has 1 N–H and O–H groups in total. The van der Waals surface area contributed by atoms with Crippen LogP contribution in [0.15, 0.2) is 24.3 Å². The Labute approximate surface area is 165 Å². The number of hydrogen-bond donors (Lipinski definition) is 1. The van der Waals surface area contributed by atoms with Crippen LogP contribution in [0.1, 0.15) is 55.3 Å². The Bertz CT molecular complexity index is 721. The van der Waals surface area contributed by atoms with Crippen LogP contribution in [0.2, 0.25) is 0 Å². The molecule has 0 spiro atoms. The van der Waals surface area contributed by atoms with Crippen LogP contribution in [-0.4, -0.2) is 58.5 Å². The molecule has 6 heteroatoms. The lowest BCUT2D eigenvalue weighted by molar-refractivity contribution is -0.137. The minimum absolute atomic E-state index is 0.0403. The van der Waals surface area contributed by atoms with Gasteiger partial charge in [-0.05, 0) is 87.7 Å². The van der Waals surface area contributed by atoms with Gasteiger partial charge in [0.15, 0.2) is 0 Å². The molecule has 3 fully saturated rings. The third kappa shape index (κ3) is 3.79. The van der Waals surface area contributed by atoms with Crippen molar-refractivity contribution in [3.8, 4) is 0 Å². The first-order valence-electron chi connectivity index (χ1n) is 10.6. The second-order valence-electron chi connectivity index (χ2n) is 8.55. The van der Waals surface area contributed by atoms with Crippen molar-refractivity contribution < 1.29 is 19.1 Å². The smallest absolute Gasteiger partial charge is 0.303 e. The number of halogens is 1. The molecule has 5 nitrogen and oxygen atoms in total. The summed E-state index contributed by atoms with van der Waals surface area (Å²) in [7, 11) is 0. The van der Waals surface area contributed by atoms with Crippen LogP contribution in [0.5, 0.6) is 0 Å². The number of carbonyl (C=O) groups excluding carboxylic acids is 1. The maximum Gasteiger partial charge on any atom is 0.303 e. The Kier molecular flexibility index (Phi) is 5.67. The highest BCUT2D eigenvalue weighted by Gasteiger charge is 2.49. The molecular weight excluding hydrogens is 359 g/mol. The molecule has 0 aliphatic carbocycles. The molecule has 1 amide bonds. The largest absolute Gasteiger partial charge is 0.481 e. The lowest BCUT2D eigenvalue weighted by Crippen LogP contribution is -2.65. The van der Waals surface area contributed by atoms with Crippen molar-refractivity contribution in [2.24, 2.45) is 11.8 Å². The summed E-state index contributed by atoms with van der Waals surface area (Å²) in [4.78, 5) is 29.0. The fraction of sp³-hybridized carbons (Fsp3) is 0.636. The summed E-state index contributed by atoms with van der Waals surface area (Å²) in [6.45, 7) is 3.02. The molecule has 0 bridgehead atoms. The van der Waals surface area contributed by atoms with E-state index in [1.807, 2.05) is 4.90 Å². The van der Waals surface area contributed by atoms with Gasteiger partial charge in [-0.25, -0.2) is 4.39 Å². The van der Waals surface area contributed by atoms with E-state index in [0.29, 0.717) is 29.9 Å². The normalized spacial score (nSPS) is 30.0. The SMILES string of the molecule is O=C(O)CCC[C@H]1[C@H]2CCCN3CCC[C@@H](CN1C(=O)c1ccc(F)cc1)[C@@H]23. The van der Waals surface area contributed by atoms with Gasteiger partial charge < -0.3 is 10.0 Å². The maximum absolute atomic E-state index is 13.3. The second-order valence-corrected chi connectivity index (χ2v) is 8.55. The average Bonchev–Trinajstić information content (AvgIpc) is 2.69. The van der Waals surface area contributed by atoms with Crippen molar-refractivity contribution in [1.29, 1.82) is 0 Å². The lowest BCUT2D eigenvalue weighted by Gasteiger charge is -2.57. The number of rotatable bonds is 5. The first-order chi connectivity index (χ1) is 13.5. The van der Waals surface area contributed by atoms with E-state index in [1.165, 1.54) is 18.6 Å². The predicted octanol–water partition coefficient (Wildman–Crippen LogP) is 3.40. The summed E-state index contributed by atoms with van der Waals surface area (Å²) in [5.41, 5.74) is 0.520. The molecule has 3 aliphatic heterocycles. The molecule has 152 valence electrons. The molecule has 1 aromatic rings. The lowest BCUT2D eigenvalue weighted by atomic mass is 9.69. The average molecular weight is 388 g/mol. The molecule has 28 heavy (non-hydrogen) atoms. The summed E-state index contributed by atoms with van der Waals surface area (Å²) >= 11 is 0. The molecule has 3 heterocycles. The number of nitrogens with zero attached hydrogens (tertiary/aromatic N) is 2. The Morgan fingerprint density at radius 3 is 2.54 bits per heavy atom. The number of benzene rings is 1. The Hall–Kier alpha value is -1.95. The van der Waals surface area contributed by atoms with Gasteiger partial charge in [0, 0.05) is 30.6 Å². The number of likely N-dealkylation sites (tertiary alicyclic amines) is 1. The Balaban J connectivity index is 1.60. The quantitative estimate of drug-likeness (QED) is 0.840. The van der Waals surface area contributed by atoms with Gasteiger partial charge in [-0.1, -0.05) is 0 Å². The van der Waals surface area contributed by atoms with Crippen molar-refractivity contribution >= 4 is 11.9 Å². The molecule has 4 rings (SSSR count). The van der Waals surface area contributed by atoms with Gasteiger partial charge in [-0.3, -0.25) is 14.5 Å². The van der Waals surface area contributed by atoms with Crippen LogP contribution in [0.3, 0.4) is 0 Å². The molecule has 0 saturated carbocycles. The van der Waals surface area contributed by atoms with Gasteiger partial charge in [0.25, 0.3) is 5.91 Å². The minimum Gasteiger partial charge on any atom is -0.481 e. The highest BCUT2D eigenvalue weighted by molar-refractivity contribution is 5.94. The molecule has 0 aromatic heterocycles. The predicted molar refractivity (Wildman–Crippen MR) is 104 cm³/mol. The van der Waals surface area contributed by atoms with Crippen molar-refractivity contribution in [1.82, 2.24) is 9.80 Å². The fourth-order valence-electron chi connectivity index (χ4n) is 5.82. The number of carboxylic acids is 1. The Morgan fingerprint density at radius 2 is 1.82 bits per heavy atom. The highest BCUT2D eigenvalue weighted by Crippen LogP contribution is 2.43. The van der Waals surface area contributed by atoms with E-state index in [4.69, 9.17) is 5.11 Å². The van der Waals surface area contributed by atoms with Crippen molar-refractivity contribution in [3.63, 3.8) is 0 Å². The molecule has 4 atom stereocenters. The van der Waals surface area contributed by atoms with E-state index >= 15 is 0 Å². The van der Waals surface area contributed by atoms with Gasteiger partial charge in [-0.2, -0.15) is 0 Å². The van der Waals surface area contributed by atoms with Crippen molar-refractivity contribution in [2.45, 2.75) is 57.0 Å². The van der Waals surface area contributed by atoms with Crippen LogP contribution in [-0.2, 0) is 4.79 Å². The molecular formula is C22H29FN2O3. The Morgan fingerprint density at radius 1 is 1.11 bits per heavy atom. The molecule has 1 aromatic carbocycles. The first kappa shape index (κ1) is 19.4. The number of carboxylic acid groups (broad SMARTS) is 1. The van der Waals surface area contributed by atoms with Gasteiger partial charge in [0.05, 0.1) is 0 Å². The van der Waals surface area contributed by atoms with E-state index in [1.54, 1.807) is 12.1 Å². The summed E-state index contributed by atoms with van der Waals surface area (Å²) in [5, 5.41) is 9.06. The minimum atomic E-state index is -0.784. The number of carbonyl (C=O) groups is 2. The number of aliphatic carboxylic acids is 1. The molecule has 0 radical (unpaired) electrons. The van der Waals surface area contributed by atoms with Crippen LogP contribution in [0.25, 0.3) is 0 Å². The van der Waals surface area contributed by atoms with Gasteiger partial charge >= 0.3 is 5.97 Å². The summed E-state index contributed by atoms with van der Waals surface area (Å²) in [6, 6.07) is 6.39. The topological polar surface area (TPSA) is 60.9 Å². The van der Waals surface area contributed by atoms with Crippen molar-refractivity contribution in [2.75, 3.05) is 19.6 Å². The number of amides is 1. The number of hydrogen-bond acceptors (Lipinski definition) is 3. The zero-order valence-electron chi connectivity index (χ0n) is 16.2. The molecule has 3 saturated heterocycles. The standard InChI is InChI=1S/C22H29FN2O3/c23-17-10-8-15(9-11-17)22(28)25-14-16-4-2-12-24-13-3-5-18(21(16)24)19(25)6-1-7-20(26)27/h8-11,16,18-19,21H,1-7,12-14H2,(H,26,27)/t16-,18+,19-,21-/m0/s1. The molecule has 3 aliphatic rings.